The minimum atomic E-state index is -0.0957. The third-order valence-corrected chi connectivity index (χ3v) is 2.60. The first-order chi connectivity index (χ1) is 8.81. The van der Waals surface area contributed by atoms with E-state index >= 15 is 0 Å². The summed E-state index contributed by atoms with van der Waals surface area (Å²) in [5.41, 5.74) is 0.652. The second-order valence-corrected chi connectivity index (χ2v) is 3.99. The van der Waals surface area contributed by atoms with E-state index in [1.807, 2.05) is 22.8 Å². The molecule has 0 atom stereocenters. The van der Waals surface area contributed by atoms with Crippen LogP contribution in [0.5, 0.6) is 0 Å². The van der Waals surface area contributed by atoms with Crippen LogP contribution in [0, 0.1) is 0 Å². The zero-order valence-electron chi connectivity index (χ0n) is 10.3. The Morgan fingerprint density at radius 3 is 2.83 bits per heavy atom. The zero-order chi connectivity index (χ0) is 12.8. The molecule has 0 saturated carbocycles. The lowest BCUT2D eigenvalue weighted by molar-refractivity contribution is 0.0949. The van der Waals surface area contributed by atoms with E-state index in [0.29, 0.717) is 12.1 Å². The molecule has 0 aliphatic rings. The van der Waals surface area contributed by atoms with Crippen molar-refractivity contribution in [3.63, 3.8) is 0 Å². The lowest BCUT2D eigenvalue weighted by atomic mass is 10.2. The van der Waals surface area contributed by atoms with Crippen LogP contribution in [-0.4, -0.2) is 20.7 Å². The van der Waals surface area contributed by atoms with Gasteiger partial charge < -0.3 is 9.88 Å². The maximum Gasteiger partial charge on any atom is 0.251 e. The van der Waals surface area contributed by atoms with Crippen molar-refractivity contribution in [3.05, 3.63) is 48.0 Å². The first kappa shape index (κ1) is 12.3. The van der Waals surface area contributed by atoms with Crippen LogP contribution in [0.1, 0.15) is 29.5 Å². The highest BCUT2D eigenvalue weighted by molar-refractivity contribution is 5.93. The fourth-order valence-electron chi connectivity index (χ4n) is 1.69. The smallest absolute Gasteiger partial charge is 0.251 e. The lowest BCUT2D eigenvalue weighted by Crippen LogP contribution is -2.24. The molecule has 2 rings (SSSR count). The summed E-state index contributed by atoms with van der Waals surface area (Å²) in [5.74, 6) is 0.683. The Balaban J connectivity index is 1.95. The Kier molecular flexibility index (Phi) is 4.06. The molecule has 0 spiro atoms. The third-order valence-electron chi connectivity index (χ3n) is 2.60. The molecule has 5 nitrogen and oxygen atoms in total. The van der Waals surface area contributed by atoms with E-state index in [1.165, 1.54) is 0 Å². The molecule has 1 aromatic carbocycles. The molecule has 1 heterocycles. The second-order valence-electron chi connectivity index (χ2n) is 3.99. The van der Waals surface area contributed by atoms with E-state index < -0.39 is 0 Å². The highest BCUT2D eigenvalue weighted by Gasteiger charge is 2.07. The van der Waals surface area contributed by atoms with E-state index in [0.717, 1.165) is 18.8 Å². The molecule has 94 valence electrons. The zero-order valence-corrected chi connectivity index (χ0v) is 10.3. The van der Waals surface area contributed by atoms with Crippen molar-refractivity contribution in [3.8, 4) is 0 Å². The Bertz CT molecular complexity index is 507. The number of rotatable bonds is 5. The molecule has 0 bridgehead atoms. The van der Waals surface area contributed by atoms with Crippen LogP contribution in [-0.2, 0) is 13.1 Å². The number of nitrogens with one attached hydrogen (secondary N) is 1. The van der Waals surface area contributed by atoms with Crippen molar-refractivity contribution in [2.75, 3.05) is 0 Å². The van der Waals surface area contributed by atoms with Gasteiger partial charge in [-0.1, -0.05) is 25.1 Å². The van der Waals surface area contributed by atoms with Gasteiger partial charge in [0.2, 0.25) is 0 Å². The number of carbonyl (C=O) groups excluding carboxylic acids is 1. The average Bonchev–Trinajstić information content (AvgIpc) is 2.85. The maximum absolute atomic E-state index is 11.8. The second kappa shape index (κ2) is 5.95. The van der Waals surface area contributed by atoms with Gasteiger partial charge in [-0.25, -0.2) is 0 Å². The number of aromatic nitrogens is 3. The van der Waals surface area contributed by atoms with E-state index in [-0.39, 0.29) is 5.91 Å². The molecule has 0 aliphatic carbocycles. The number of hydrogen-bond donors (Lipinski definition) is 1. The van der Waals surface area contributed by atoms with Gasteiger partial charge in [0, 0.05) is 12.1 Å². The van der Waals surface area contributed by atoms with Gasteiger partial charge in [-0.2, -0.15) is 0 Å². The van der Waals surface area contributed by atoms with E-state index in [1.54, 1.807) is 18.5 Å². The van der Waals surface area contributed by atoms with Crippen LogP contribution in [0.3, 0.4) is 0 Å². The Morgan fingerprint density at radius 2 is 2.11 bits per heavy atom. The van der Waals surface area contributed by atoms with Crippen molar-refractivity contribution in [1.29, 1.82) is 0 Å². The molecule has 2 aromatic rings. The minimum absolute atomic E-state index is 0.0957. The standard InChI is InChI=1S/C13H16N4O/c1-2-8-17-10-15-16-12(17)9-14-13(18)11-6-4-3-5-7-11/h3-7,10H,2,8-9H2,1H3,(H,14,18). The van der Waals surface area contributed by atoms with Crippen molar-refractivity contribution in [1.82, 2.24) is 20.1 Å². The Hall–Kier alpha value is -2.17. The number of carbonyl (C=O) groups is 1. The molecule has 0 radical (unpaired) electrons. The quantitative estimate of drug-likeness (QED) is 0.869. The molecule has 0 fully saturated rings. The Labute approximate surface area is 106 Å². The van der Waals surface area contributed by atoms with Crippen molar-refractivity contribution in [2.24, 2.45) is 0 Å². The molecular weight excluding hydrogens is 228 g/mol. The third kappa shape index (κ3) is 2.94. The summed E-state index contributed by atoms with van der Waals surface area (Å²) in [6.45, 7) is 3.35. The summed E-state index contributed by atoms with van der Waals surface area (Å²) in [7, 11) is 0. The van der Waals surface area contributed by atoms with Crippen LogP contribution in [0.15, 0.2) is 36.7 Å². The van der Waals surface area contributed by atoms with Gasteiger partial charge in [-0.3, -0.25) is 4.79 Å². The molecule has 1 aromatic heterocycles. The number of hydrogen-bond acceptors (Lipinski definition) is 3. The average molecular weight is 244 g/mol. The SMILES string of the molecule is CCCn1cnnc1CNC(=O)c1ccccc1. The summed E-state index contributed by atoms with van der Waals surface area (Å²) in [6.07, 6.45) is 2.70. The number of nitrogens with zero attached hydrogens (tertiary/aromatic N) is 3. The summed E-state index contributed by atoms with van der Waals surface area (Å²) in [4.78, 5) is 11.8. The monoisotopic (exact) mass is 244 g/mol. The molecule has 0 saturated heterocycles. The van der Waals surface area contributed by atoms with Crippen LogP contribution >= 0.6 is 0 Å². The predicted molar refractivity (Wildman–Crippen MR) is 67.9 cm³/mol. The maximum atomic E-state index is 11.8. The van der Waals surface area contributed by atoms with Gasteiger partial charge >= 0.3 is 0 Å². The van der Waals surface area contributed by atoms with Gasteiger partial charge in [-0.05, 0) is 18.6 Å². The van der Waals surface area contributed by atoms with Gasteiger partial charge in [0.15, 0.2) is 5.82 Å². The molecule has 0 aliphatic heterocycles. The summed E-state index contributed by atoms with van der Waals surface area (Å²) in [6, 6.07) is 9.13. The van der Waals surface area contributed by atoms with E-state index in [9.17, 15) is 4.79 Å². The largest absolute Gasteiger partial charge is 0.345 e. The summed E-state index contributed by atoms with van der Waals surface area (Å²) >= 11 is 0. The first-order valence-electron chi connectivity index (χ1n) is 6.01. The normalized spacial score (nSPS) is 10.3. The highest BCUT2D eigenvalue weighted by atomic mass is 16.1. The van der Waals surface area contributed by atoms with E-state index in [2.05, 4.69) is 22.4 Å². The molecule has 1 N–H and O–H groups in total. The fourth-order valence-corrected chi connectivity index (χ4v) is 1.69. The Morgan fingerprint density at radius 1 is 1.33 bits per heavy atom. The number of benzene rings is 1. The molecule has 1 amide bonds. The lowest BCUT2D eigenvalue weighted by Gasteiger charge is -2.06. The summed E-state index contributed by atoms with van der Waals surface area (Å²) < 4.78 is 1.95. The number of aryl methyl sites for hydroxylation is 1. The van der Waals surface area contributed by atoms with Gasteiger partial charge in [0.1, 0.15) is 6.33 Å². The molecular formula is C13H16N4O. The van der Waals surface area contributed by atoms with Crippen LogP contribution in [0.4, 0.5) is 0 Å². The van der Waals surface area contributed by atoms with Crippen LogP contribution in [0.2, 0.25) is 0 Å². The molecule has 18 heavy (non-hydrogen) atoms. The first-order valence-corrected chi connectivity index (χ1v) is 6.01. The number of amides is 1. The van der Waals surface area contributed by atoms with Crippen LogP contribution in [0.25, 0.3) is 0 Å². The molecule has 0 unspecified atom stereocenters. The van der Waals surface area contributed by atoms with Gasteiger partial charge in [-0.15, -0.1) is 10.2 Å². The molecule has 5 heteroatoms. The summed E-state index contributed by atoms with van der Waals surface area (Å²) in [5, 5.41) is 10.7. The highest BCUT2D eigenvalue weighted by Crippen LogP contribution is 2.00. The van der Waals surface area contributed by atoms with Crippen molar-refractivity contribution in [2.45, 2.75) is 26.4 Å². The van der Waals surface area contributed by atoms with Crippen molar-refractivity contribution < 1.29 is 4.79 Å². The van der Waals surface area contributed by atoms with Gasteiger partial charge in [0.25, 0.3) is 5.91 Å². The topological polar surface area (TPSA) is 59.8 Å². The van der Waals surface area contributed by atoms with Crippen molar-refractivity contribution >= 4 is 5.91 Å². The fraction of sp³-hybridized carbons (Fsp3) is 0.308. The predicted octanol–water partition coefficient (Wildman–Crippen LogP) is 1.62. The van der Waals surface area contributed by atoms with E-state index in [4.69, 9.17) is 0 Å². The minimum Gasteiger partial charge on any atom is -0.345 e. The van der Waals surface area contributed by atoms with Gasteiger partial charge in [0.05, 0.1) is 6.54 Å². The van der Waals surface area contributed by atoms with Crippen LogP contribution < -0.4 is 5.32 Å².